The fourth-order valence-corrected chi connectivity index (χ4v) is 2.34. The second-order valence-electron chi connectivity index (χ2n) is 5.44. The molecule has 0 spiro atoms. The first-order valence-corrected chi connectivity index (χ1v) is 8.39. The van der Waals surface area contributed by atoms with Crippen molar-refractivity contribution < 1.29 is 14.3 Å². The van der Waals surface area contributed by atoms with E-state index in [-0.39, 0.29) is 11.8 Å². The molecule has 2 aromatic carbocycles. The number of hydrogen-bond acceptors (Lipinski definition) is 3. The molecule has 3 heteroatoms. The van der Waals surface area contributed by atoms with Crippen molar-refractivity contribution in [1.82, 2.24) is 0 Å². The van der Waals surface area contributed by atoms with Gasteiger partial charge in [0.15, 0.2) is 5.78 Å². The second-order valence-corrected chi connectivity index (χ2v) is 5.44. The molecule has 0 atom stereocenters. The summed E-state index contributed by atoms with van der Waals surface area (Å²) in [5.74, 6) is -0.250. The Bertz CT molecular complexity index is 741. The largest absolute Gasteiger partial charge is 0.463 e. The molecule has 0 fully saturated rings. The Morgan fingerprint density at radius 3 is 2.28 bits per heavy atom. The molecule has 25 heavy (non-hydrogen) atoms. The summed E-state index contributed by atoms with van der Waals surface area (Å²) >= 11 is 0. The van der Waals surface area contributed by atoms with Crippen LogP contribution in [0.5, 0.6) is 0 Å². The summed E-state index contributed by atoms with van der Waals surface area (Å²) < 4.78 is 4.77. The Kier molecular flexibility index (Phi) is 7.39. The minimum absolute atomic E-state index is 0.110. The molecule has 0 saturated heterocycles. The van der Waals surface area contributed by atoms with Gasteiger partial charge in [-0.3, -0.25) is 4.79 Å². The standard InChI is InChI=1S/C22H22O3/c1-2-25-22(24)13-9-4-3-8-12-21(23)20-16-14-19(15-17-20)18-10-6-5-7-11-18/h3-7,9-11,13-17H,2,8,12H2,1H3. The average Bonchev–Trinajstić information content (AvgIpc) is 2.65. The number of allylic oxidation sites excluding steroid dienone is 3. The molecule has 2 aromatic rings. The molecule has 128 valence electrons. The van der Waals surface area contributed by atoms with Crippen molar-refractivity contribution in [2.45, 2.75) is 19.8 Å². The summed E-state index contributed by atoms with van der Waals surface area (Å²) in [6, 6.07) is 17.8. The molecule has 0 aromatic heterocycles. The fraction of sp³-hybridized carbons (Fsp3) is 0.182. The number of Topliss-reactive ketones (excluding diaryl/α,β-unsaturated/α-hetero) is 1. The van der Waals surface area contributed by atoms with Crippen LogP contribution in [-0.4, -0.2) is 18.4 Å². The smallest absolute Gasteiger partial charge is 0.330 e. The molecule has 0 radical (unpaired) electrons. The van der Waals surface area contributed by atoms with Crippen LogP contribution in [-0.2, 0) is 9.53 Å². The third-order valence-electron chi connectivity index (χ3n) is 3.62. The van der Waals surface area contributed by atoms with Gasteiger partial charge in [0, 0.05) is 18.1 Å². The Balaban J connectivity index is 1.82. The van der Waals surface area contributed by atoms with Gasteiger partial charge in [-0.2, -0.15) is 0 Å². The molecule has 0 unspecified atom stereocenters. The third-order valence-corrected chi connectivity index (χ3v) is 3.62. The Labute approximate surface area is 148 Å². The summed E-state index contributed by atoms with van der Waals surface area (Å²) in [6.07, 6.45) is 7.68. The van der Waals surface area contributed by atoms with E-state index in [0.717, 1.165) is 16.7 Å². The van der Waals surface area contributed by atoms with E-state index in [2.05, 4.69) is 0 Å². The lowest BCUT2D eigenvalue weighted by atomic mass is 10.0. The number of carbonyl (C=O) groups is 2. The van der Waals surface area contributed by atoms with Crippen LogP contribution in [0, 0.1) is 0 Å². The van der Waals surface area contributed by atoms with Crippen LogP contribution < -0.4 is 0 Å². The van der Waals surface area contributed by atoms with E-state index in [0.29, 0.717) is 19.4 Å². The van der Waals surface area contributed by atoms with Crippen molar-refractivity contribution in [2.75, 3.05) is 6.61 Å². The van der Waals surface area contributed by atoms with Gasteiger partial charge in [0.25, 0.3) is 0 Å². The normalized spacial score (nSPS) is 11.1. The highest BCUT2D eigenvalue weighted by molar-refractivity contribution is 5.96. The van der Waals surface area contributed by atoms with Crippen molar-refractivity contribution in [1.29, 1.82) is 0 Å². The maximum absolute atomic E-state index is 12.2. The zero-order chi connectivity index (χ0) is 17.9. The predicted molar refractivity (Wildman–Crippen MR) is 100 cm³/mol. The van der Waals surface area contributed by atoms with Crippen LogP contribution >= 0.6 is 0 Å². The summed E-state index contributed by atoms with van der Waals surface area (Å²) in [7, 11) is 0. The number of ether oxygens (including phenoxy) is 1. The lowest BCUT2D eigenvalue weighted by molar-refractivity contribution is -0.137. The number of hydrogen-bond donors (Lipinski definition) is 0. The van der Waals surface area contributed by atoms with Crippen molar-refractivity contribution in [2.24, 2.45) is 0 Å². The molecule has 3 nitrogen and oxygen atoms in total. The molecule has 0 aliphatic rings. The van der Waals surface area contributed by atoms with Crippen LogP contribution in [0.4, 0.5) is 0 Å². The number of rotatable bonds is 8. The van der Waals surface area contributed by atoms with Gasteiger partial charge in [0.05, 0.1) is 6.61 Å². The first-order valence-electron chi connectivity index (χ1n) is 8.39. The molecule has 0 N–H and O–H groups in total. The quantitative estimate of drug-likeness (QED) is 0.295. The van der Waals surface area contributed by atoms with Crippen LogP contribution in [0.3, 0.4) is 0 Å². The van der Waals surface area contributed by atoms with E-state index >= 15 is 0 Å². The van der Waals surface area contributed by atoms with E-state index in [9.17, 15) is 9.59 Å². The molecule has 0 amide bonds. The molecular formula is C22H22O3. The summed E-state index contributed by atoms with van der Waals surface area (Å²) in [5, 5.41) is 0. The lowest BCUT2D eigenvalue weighted by Crippen LogP contribution is -1.98. The molecule has 0 aliphatic heterocycles. The maximum atomic E-state index is 12.2. The molecule has 0 aliphatic carbocycles. The monoisotopic (exact) mass is 334 g/mol. The van der Waals surface area contributed by atoms with Gasteiger partial charge in [-0.05, 0) is 24.5 Å². The lowest BCUT2D eigenvalue weighted by Gasteiger charge is -2.03. The van der Waals surface area contributed by atoms with E-state index < -0.39 is 0 Å². The number of esters is 1. The number of ketones is 1. The minimum atomic E-state index is -0.360. The van der Waals surface area contributed by atoms with Gasteiger partial charge < -0.3 is 4.74 Å². The van der Waals surface area contributed by atoms with Crippen LogP contribution in [0.25, 0.3) is 11.1 Å². The first-order chi connectivity index (χ1) is 12.2. The highest BCUT2D eigenvalue weighted by atomic mass is 16.5. The van der Waals surface area contributed by atoms with Crippen LogP contribution in [0.15, 0.2) is 78.9 Å². The van der Waals surface area contributed by atoms with E-state index in [1.165, 1.54) is 6.08 Å². The second kappa shape index (κ2) is 10.0. The van der Waals surface area contributed by atoms with Gasteiger partial charge in [0.1, 0.15) is 0 Å². The van der Waals surface area contributed by atoms with Crippen molar-refractivity contribution in [3.8, 4) is 11.1 Å². The highest BCUT2D eigenvalue weighted by Gasteiger charge is 2.05. The van der Waals surface area contributed by atoms with Crippen LogP contribution in [0.2, 0.25) is 0 Å². The zero-order valence-electron chi connectivity index (χ0n) is 14.4. The van der Waals surface area contributed by atoms with Crippen LogP contribution in [0.1, 0.15) is 30.1 Å². The van der Waals surface area contributed by atoms with Gasteiger partial charge in [-0.25, -0.2) is 4.79 Å². The molecule has 0 bridgehead atoms. The predicted octanol–water partition coefficient (Wildman–Crippen LogP) is 4.99. The molecule has 2 rings (SSSR count). The maximum Gasteiger partial charge on any atom is 0.330 e. The fourth-order valence-electron chi connectivity index (χ4n) is 2.34. The van der Waals surface area contributed by atoms with Crippen molar-refractivity contribution in [3.63, 3.8) is 0 Å². The number of carbonyl (C=O) groups excluding carboxylic acids is 2. The summed E-state index contributed by atoms with van der Waals surface area (Å²) in [4.78, 5) is 23.3. The Morgan fingerprint density at radius 1 is 0.920 bits per heavy atom. The topological polar surface area (TPSA) is 43.4 Å². The van der Waals surface area contributed by atoms with Gasteiger partial charge in [-0.1, -0.05) is 72.8 Å². The first kappa shape index (κ1) is 18.4. The SMILES string of the molecule is CCOC(=O)C=CC=CCCC(=O)c1ccc(-c2ccccc2)cc1. The molecule has 0 saturated carbocycles. The van der Waals surface area contributed by atoms with Crippen molar-refractivity contribution >= 4 is 11.8 Å². The third kappa shape index (κ3) is 6.22. The summed E-state index contributed by atoms with van der Waals surface area (Å²) in [6.45, 7) is 2.13. The van der Waals surface area contributed by atoms with Crippen molar-refractivity contribution in [3.05, 3.63) is 84.5 Å². The van der Waals surface area contributed by atoms with Gasteiger partial charge in [-0.15, -0.1) is 0 Å². The Morgan fingerprint density at radius 2 is 1.60 bits per heavy atom. The van der Waals surface area contributed by atoms with Gasteiger partial charge in [0.2, 0.25) is 0 Å². The summed E-state index contributed by atoms with van der Waals surface area (Å²) in [5.41, 5.74) is 2.95. The average molecular weight is 334 g/mol. The van der Waals surface area contributed by atoms with E-state index in [1.807, 2.05) is 60.7 Å². The Hall–Kier alpha value is -2.94. The van der Waals surface area contributed by atoms with E-state index in [4.69, 9.17) is 4.74 Å². The van der Waals surface area contributed by atoms with E-state index in [1.54, 1.807) is 19.1 Å². The highest BCUT2D eigenvalue weighted by Crippen LogP contribution is 2.19. The zero-order valence-corrected chi connectivity index (χ0v) is 14.4. The molecule has 0 heterocycles. The number of benzene rings is 2. The molecular weight excluding hydrogens is 312 g/mol. The van der Waals surface area contributed by atoms with Gasteiger partial charge >= 0.3 is 5.97 Å². The minimum Gasteiger partial charge on any atom is -0.463 e.